The number of hydrogen-bond acceptors (Lipinski definition) is 4. The summed E-state index contributed by atoms with van der Waals surface area (Å²) in [5.41, 5.74) is 3.53. The summed E-state index contributed by atoms with van der Waals surface area (Å²) in [7, 11) is -3.17. The van der Waals surface area contributed by atoms with Gasteiger partial charge < -0.3 is 5.32 Å². The van der Waals surface area contributed by atoms with Crippen LogP contribution in [0.5, 0.6) is 0 Å². The molecule has 2 aromatic rings. The van der Waals surface area contributed by atoms with Crippen LogP contribution in [-0.2, 0) is 29.3 Å². The Morgan fingerprint density at radius 2 is 1.96 bits per heavy atom. The first kappa shape index (κ1) is 17.1. The van der Waals surface area contributed by atoms with Crippen molar-refractivity contribution < 1.29 is 13.2 Å². The van der Waals surface area contributed by atoms with Gasteiger partial charge in [0.05, 0.1) is 11.1 Å². The Morgan fingerprint density at radius 1 is 1.17 bits per heavy atom. The monoisotopic (exact) mass is 364 g/mol. The zero-order valence-electron chi connectivity index (χ0n) is 13.5. The Labute approximate surface area is 146 Å². The van der Waals surface area contributed by atoms with Crippen molar-refractivity contribution in [1.82, 2.24) is 4.72 Å². The van der Waals surface area contributed by atoms with Crippen LogP contribution in [0.2, 0.25) is 0 Å². The van der Waals surface area contributed by atoms with Gasteiger partial charge in [0.15, 0.2) is 0 Å². The van der Waals surface area contributed by atoms with Crippen molar-refractivity contribution in [2.24, 2.45) is 0 Å². The third-order valence-electron chi connectivity index (χ3n) is 3.98. The van der Waals surface area contributed by atoms with Crippen LogP contribution >= 0.6 is 11.3 Å². The molecule has 2 N–H and O–H groups in total. The van der Waals surface area contributed by atoms with E-state index < -0.39 is 10.0 Å². The van der Waals surface area contributed by atoms with E-state index in [1.165, 1.54) is 28.9 Å². The summed E-state index contributed by atoms with van der Waals surface area (Å²) >= 11 is 1.39. The minimum absolute atomic E-state index is 0.125. The van der Waals surface area contributed by atoms with E-state index in [0.29, 0.717) is 17.8 Å². The number of fused-ring (bicyclic) bond motifs is 1. The van der Waals surface area contributed by atoms with Crippen LogP contribution in [0.25, 0.3) is 0 Å². The van der Waals surface area contributed by atoms with Crippen molar-refractivity contribution in [3.8, 4) is 0 Å². The summed E-state index contributed by atoms with van der Waals surface area (Å²) in [5.74, 6) is -0.125. The maximum absolute atomic E-state index is 12.3. The van der Waals surface area contributed by atoms with Gasteiger partial charge in [-0.3, -0.25) is 4.79 Å². The zero-order chi connectivity index (χ0) is 17.2. The van der Waals surface area contributed by atoms with E-state index in [2.05, 4.69) is 22.2 Å². The minimum Gasteiger partial charge on any atom is -0.321 e. The predicted octanol–water partition coefficient (Wildman–Crippen LogP) is 2.58. The van der Waals surface area contributed by atoms with Crippen LogP contribution in [0, 0.1) is 0 Å². The van der Waals surface area contributed by atoms with E-state index in [1.807, 2.05) is 12.1 Å². The molecule has 128 valence electrons. The lowest BCUT2D eigenvalue weighted by Gasteiger charge is -2.06. The number of sulfonamides is 1. The summed E-state index contributed by atoms with van der Waals surface area (Å²) in [6, 6.07) is 9.75. The third-order valence-corrected chi connectivity index (χ3v) is 5.85. The van der Waals surface area contributed by atoms with Crippen molar-refractivity contribution in [3.05, 3.63) is 51.2 Å². The molecule has 1 heterocycles. The Kier molecular flexibility index (Phi) is 5.03. The van der Waals surface area contributed by atoms with Gasteiger partial charge in [-0.15, -0.1) is 11.3 Å². The molecule has 24 heavy (non-hydrogen) atoms. The smallest absolute Gasteiger partial charge is 0.265 e. The molecule has 0 bridgehead atoms. The molecule has 1 aromatic heterocycles. The number of nitrogens with one attached hydrogen (secondary N) is 2. The largest absolute Gasteiger partial charge is 0.321 e. The number of aryl methyl sites for hydroxylation is 2. The molecule has 5 nitrogen and oxygen atoms in total. The van der Waals surface area contributed by atoms with Crippen LogP contribution in [0.1, 0.15) is 32.1 Å². The second kappa shape index (κ2) is 7.04. The molecule has 1 amide bonds. The highest BCUT2D eigenvalue weighted by molar-refractivity contribution is 7.88. The second-order valence-corrected chi connectivity index (χ2v) is 8.97. The first-order valence-electron chi connectivity index (χ1n) is 7.87. The summed E-state index contributed by atoms with van der Waals surface area (Å²) in [4.78, 5) is 14.0. The van der Waals surface area contributed by atoms with E-state index in [-0.39, 0.29) is 5.91 Å². The van der Waals surface area contributed by atoms with Crippen LogP contribution in [0.15, 0.2) is 30.3 Å². The topological polar surface area (TPSA) is 75.3 Å². The van der Waals surface area contributed by atoms with Crippen molar-refractivity contribution >= 4 is 33.0 Å². The molecule has 0 saturated carbocycles. The van der Waals surface area contributed by atoms with E-state index in [9.17, 15) is 13.2 Å². The molecule has 0 unspecified atom stereocenters. The number of thiophene rings is 1. The lowest BCUT2D eigenvalue weighted by atomic mass is 10.1. The minimum atomic E-state index is -3.17. The molecule has 1 aliphatic carbocycles. The second-order valence-electron chi connectivity index (χ2n) is 5.97. The van der Waals surface area contributed by atoms with E-state index >= 15 is 0 Å². The van der Waals surface area contributed by atoms with Gasteiger partial charge in [0, 0.05) is 17.1 Å². The van der Waals surface area contributed by atoms with E-state index in [4.69, 9.17) is 0 Å². The zero-order valence-corrected chi connectivity index (χ0v) is 15.1. The van der Waals surface area contributed by atoms with Crippen molar-refractivity contribution in [2.45, 2.75) is 25.7 Å². The fraction of sp³-hybridized carbons (Fsp3) is 0.353. The molecule has 0 fully saturated rings. The maximum atomic E-state index is 12.3. The van der Waals surface area contributed by atoms with Gasteiger partial charge in [0.1, 0.15) is 0 Å². The van der Waals surface area contributed by atoms with Gasteiger partial charge in [0.2, 0.25) is 10.0 Å². The van der Waals surface area contributed by atoms with Crippen molar-refractivity contribution in [2.75, 3.05) is 18.1 Å². The molecule has 1 aromatic carbocycles. The van der Waals surface area contributed by atoms with Crippen molar-refractivity contribution in [1.29, 1.82) is 0 Å². The Morgan fingerprint density at radius 3 is 2.75 bits per heavy atom. The fourth-order valence-electron chi connectivity index (χ4n) is 2.84. The van der Waals surface area contributed by atoms with E-state index in [0.717, 1.165) is 29.7 Å². The van der Waals surface area contributed by atoms with Crippen LogP contribution in [-0.4, -0.2) is 27.1 Å². The molecule has 0 aliphatic heterocycles. The van der Waals surface area contributed by atoms with Gasteiger partial charge in [-0.2, -0.15) is 0 Å². The Hall–Kier alpha value is -1.70. The lowest BCUT2D eigenvalue weighted by Crippen LogP contribution is -2.24. The number of anilines is 1. The maximum Gasteiger partial charge on any atom is 0.265 e. The fourth-order valence-corrected chi connectivity index (χ4v) is 4.21. The van der Waals surface area contributed by atoms with Crippen LogP contribution in [0.3, 0.4) is 0 Å². The number of carbonyl (C=O) groups is 1. The Bertz CT molecular complexity index is 856. The number of carbonyl (C=O) groups excluding carboxylic acids is 1. The third kappa shape index (κ3) is 4.43. The molecular formula is C17H20N2O3S2. The van der Waals surface area contributed by atoms with Gasteiger partial charge >= 0.3 is 0 Å². The molecular weight excluding hydrogens is 344 g/mol. The SMILES string of the molecule is CS(=O)(=O)NCCc1ccc(C(=O)Nc2ccc3c(c2)CCC3)s1. The molecule has 0 radical (unpaired) electrons. The van der Waals surface area contributed by atoms with Gasteiger partial charge in [0.25, 0.3) is 5.91 Å². The number of hydrogen-bond donors (Lipinski definition) is 2. The highest BCUT2D eigenvalue weighted by Crippen LogP contribution is 2.25. The highest BCUT2D eigenvalue weighted by atomic mass is 32.2. The molecule has 3 rings (SSSR count). The quantitative estimate of drug-likeness (QED) is 0.827. The van der Waals surface area contributed by atoms with Gasteiger partial charge in [-0.05, 0) is 61.1 Å². The highest BCUT2D eigenvalue weighted by Gasteiger charge is 2.14. The standard InChI is InChI=1S/C17H20N2O3S2/c1-24(21,22)18-10-9-15-7-8-16(23-15)17(20)19-14-6-5-12-3-2-4-13(12)11-14/h5-8,11,18H,2-4,9-10H2,1H3,(H,19,20). The molecule has 0 atom stereocenters. The average Bonchev–Trinajstić information content (AvgIpc) is 3.14. The first-order chi connectivity index (χ1) is 11.4. The molecule has 0 spiro atoms. The van der Waals surface area contributed by atoms with Gasteiger partial charge in [-0.1, -0.05) is 6.07 Å². The molecule has 0 saturated heterocycles. The van der Waals surface area contributed by atoms with Crippen LogP contribution in [0.4, 0.5) is 5.69 Å². The number of amides is 1. The van der Waals surface area contributed by atoms with Gasteiger partial charge in [-0.25, -0.2) is 13.1 Å². The summed E-state index contributed by atoms with van der Waals surface area (Å²) in [6.45, 7) is 0.339. The van der Waals surface area contributed by atoms with Crippen molar-refractivity contribution in [3.63, 3.8) is 0 Å². The van der Waals surface area contributed by atoms with Crippen LogP contribution < -0.4 is 10.0 Å². The average molecular weight is 364 g/mol. The molecule has 7 heteroatoms. The summed E-state index contributed by atoms with van der Waals surface area (Å²) in [5, 5.41) is 2.94. The normalized spacial score (nSPS) is 13.7. The number of benzene rings is 1. The molecule has 1 aliphatic rings. The summed E-state index contributed by atoms with van der Waals surface area (Å²) < 4.78 is 24.5. The number of rotatable bonds is 6. The predicted molar refractivity (Wildman–Crippen MR) is 97.3 cm³/mol. The van der Waals surface area contributed by atoms with E-state index in [1.54, 1.807) is 6.07 Å². The Balaban J connectivity index is 1.59. The first-order valence-corrected chi connectivity index (χ1v) is 10.6. The summed E-state index contributed by atoms with van der Waals surface area (Å²) in [6.07, 6.45) is 5.10. The lowest BCUT2D eigenvalue weighted by molar-refractivity contribution is 0.103.